The van der Waals surface area contributed by atoms with Crippen molar-refractivity contribution in [2.75, 3.05) is 6.54 Å². The van der Waals surface area contributed by atoms with E-state index in [0.29, 0.717) is 34.7 Å². The molecule has 33 heavy (non-hydrogen) atoms. The molecule has 0 aromatic heterocycles. The summed E-state index contributed by atoms with van der Waals surface area (Å²) < 4.78 is 86.3. The summed E-state index contributed by atoms with van der Waals surface area (Å²) in [5.41, 5.74) is -4.10. The van der Waals surface area contributed by atoms with E-state index in [9.17, 15) is 41.0 Å². The molecule has 0 saturated carbocycles. The van der Waals surface area contributed by atoms with Gasteiger partial charge in [0.1, 0.15) is 12.5 Å². The van der Waals surface area contributed by atoms with Gasteiger partial charge in [-0.15, -0.1) is 0 Å². The molecule has 2 atom stereocenters. The first kappa shape index (κ1) is 24.4. The molecule has 0 spiro atoms. The second-order valence-corrected chi connectivity index (χ2v) is 7.62. The minimum Gasteiger partial charge on any atom is -0.479 e. The number of carbonyl (C=O) groups is 2. The molecule has 1 aliphatic rings. The number of likely N-dealkylation sites (tertiary alicyclic amines) is 1. The standard InChI is InChI=1S/C22H19F6NO4/c23-21(24,25)16-9-7-15(8-10-16)17(22(26,27)28)20(18(30)31)11-4-12-29(20)19(32)33-13-14-5-2-1-3-6-14/h1-3,5-10,17H,4,11-13H2,(H,30,31)/t17-,20?/m1/s1. The highest BCUT2D eigenvalue weighted by Gasteiger charge is 2.64. The summed E-state index contributed by atoms with van der Waals surface area (Å²) in [5.74, 6) is -4.68. The van der Waals surface area contributed by atoms with Crippen LogP contribution < -0.4 is 0 Å². The molecule has 11 heteroatoms. The van der Waals surface area contributed by atoms with E-state index in [0.717, 1.165) is 0 Å². The van der Waals surface area contributed by atoms with E-state index >= 15 is 0 Å². The van der Waals surface area contributed by atoms with Crippen molar-refractivity contribution in [1.82, 2.24) is 4.90 Å². The van der Waals surface area contributed by atoms with Crippen LogP contribution in [-0.2, 0) is 22.3 Å². The van der Waals surface area contributed by atoms with Crippen molar-refractivity contribution in [3.8, 4) is 0 Å². The lowest BCUT2D eigenvalue weighted by molar-refractivity contribution is -0.191. The maximum absolute atomic E-state index is 14.2. The van der Waals surface area contributed by atoms with Gasteiger partial charge in [-0.1, -0.05) is 42.5 Å². The van der Waals surface area contributed by atoms with E-state index in [2.05, 4.69) is 0 Å². The average Bonchev–Trinajstić information content (AvgIpc) is 3.17. The zero-order valence-electron chi connectivity index (χ0n) is 17.0. The van der Waals surface area contributed by atoms with Gasteiger partial charge in [0.2, 0.25) is 0 Å². The van der Waals surface area contributed by atoms with E-state index in [4.69, 9.17) is 4.74 Å². The molecule has 1 aliphatic heterocycles. The number of hydrogen-bond acceptors (Lipinski definition) is 3. The Morgan fingerprint density at radius 2 is 1.61 bits per heavy atom. The SMILES string of the molecule is O=C(OCc1ccccc1)N1CCCC1(C(=O)O)[C@@H](c1ccc(C(F)(F)F)cc1)C(F)(F)F. The maximum Gasteiger partial charge on any atom is 0.416 e. The molecular weight excluding hydrogens is 456 g/mol. The van der Waals surface area contributed by atoms with Crippen LogP contribution in [0.4, 0.5) is 31.1 Å². The van der Waals surface area contributed by atoms with Crippen molar-refractivity contribution in [1.29, 1.82) is 0 Å². The van der Waals surface area contributed by atoms with E-state index in [1.54, 1.807) is 30.3 Å². The highest BCUT2D eigenvalue weighted by atomic mass is 19.4. The van der Waals surface area contributed by atoms with Crippen LogP contribution in [0, 0.1) is 0 Å². The monoisotopic (exact) mass is 475 g/mol. The summed E-state index contributed by atoms with van der Waals surface area (Å²) >= 11 is 0. The zero-order chi connectivity index (χ0) is 24.4. The number of ether oxygens (including phenoxy) is 1. The average molecular weight is 475 g/mol. The number of carboxylic acids is 1. The van der Waals surface area contributed by atoms with Gasteiger partial charge in [-0.25, -0.2) is 9.59 Å². The molecule has 1 amide bonds. The number of hydrogen-bond donors (Lipinski definition) is 1. The Bertz CT molecular complexity index is 991. The summed E-state index contributed by atoms with van der Waals surface area (Å²) in [6.45, 7) is -0.601. The normalized spacial score (nSPS) is 19.9. The van der Waals surface area contributed by atoms with Gasteiger partial charge < -0.3 is 9.84 Å². The molecule has 0 bridgehead atoms. The second kappa shape index (κ2) is 8.95. The lowest BCUT2D eigenvalue weighted by atomic mass is 9.76. The predicted octanol–water partition coefficient (Wildman–Crippen LogP) is 5.61. The fourth-order valence-corrected chi connectivity index (χ4v) is 4.14. The van der Waals surface area contributed by atoms with Gasteiger partial charge >= 0.3 is 24.4 Å². The van der Waals surface area contributed by atoms with Crippen LogP contribution in [0.15, 0.2) is 54.6 Å². The highest BCUT2D eigenvalue weighted by molar-refractivity contribution is 5.87. The minimum absolute atomic E-state index is 0.0556. The van der Waals surface area contributed by atoms with Crippen molar-refractivity contribution < 1.29 is 45.8 Å². The van der Waals surface area contributed by atoms with E-state index in [1.807, 2.05) is 0 Å². The van der Waals surface area contributed by atoms with Crippen molar-refractivity contribution in [3.05, 3.63) is 71.3 Å². The van der Waals surface area contributed by atoms with Crippen LogP contribution in [0.5, 0.6) is 0 Å². The number of halogens is 6. The zero-order valence-corrected chi connectivity index (χ0v) is 17.0. The molecule has 1 fully saturated rings. The first-order valence-corrected chi connectivity index (χ1v) is 9.83. The molecule has 1 heterocycles. The number of benzene rings is 2. The van der Waals surface area contributed by atoms with Crippen molar-refractivity contribution in [2.45, 2.75) is 43.3 Å². The molecule has 3 rings (SSSR count). The Morgan fingerprint density at radius 3 is 2.12 bits per heavy atom. The van der Waals surface area contributed by atoms with Crippen molar-refractivity contribution >= 4 is 12.1 Å². The lowest BCUT2D eigenvalue weighted by Crippen LogP contribution is -2.60. The third-order valence-corrected chi connectivity index (χ3v) is 5.59. The maximum atomic E-state index is 14.2. The van der Waals surface area contributed by atoms with Gasteiger partial charge in [0.15, 0.2) is 5.54 Å². The molecule has 1 unspecified atom stereocenters. The summed E-state index contributed by atoms with van der Waals surface area (Å²) in [4.78, 5) is 25.5. The molecule has 0 radical (unpaired) electrons. The lowest BCUT2D eigenvalue weighted by Gasteiger charge is -2.41. The number of rotatable bonds is 5. The largest absolute Gasteiger partial charge is 0.479 e. The van der Waals surface area contributed by atoms with Gasteiger partial charge in [0.05, 0.1) is 5.56 Å². The van der Waals surface area contributed by atoms with Crippen LogP contribution in [0.2, 0.25) is 0 Å². The topological polar surface area (TPSA) is 66.8 Å². The number of alkyl halides is 6. The molecule has 0 aliphatic carbocycles. The van der Waals surface area contributed by atoms with Gasteiger partial charge in [-0.2, -0.15) is 26.3 Å². The fraction of sp³-hybridized carbons (Fsp3) is 0.364. The summed E-state index contributed by atoms with van der Waals surface area (Å²) in [6.07, 6.45) is -11.8. The number of nitrogens with zero attached hydrogens (tertiary/aromatic N) is 1. The van der Waals surface area contributed by atoms with Gasteiger partial charge in [0, 0.05) is 6.54 Å². The number of carbonyl (C=O) groups excluding carboxylic acids is 1. The molecular formula is C22H19F6NO4. The smallest absolute Gasteiger partial charge is 0.416 e. The van der Waals surface area contributed by atoms with Crippen LogP contribution >= 0.6 is 0 Å². The highest BCUT2D eigenvalue weighted by Crippen LogP contribution is 2.50. The minimum atomic E-state index is -5.18. The number of aliphatic carboxylic acids is 1. The van der Waals surface area contributed by atoms with E-state index < -0.39 is 53.4 Å². The van der Waals surface area contributed by atoms with E-state index in [1.165, 1.54) is 0 Å². The van der Waals surface area contributed by atoms with Gasteiger partial charge in [0.25, 0.3) is 0 Å². The summed E-state index contributed by atoms with van der Waals surface area (Å²) in [5, 5.41) is 9.92. The Morgan fingerprint density at radius 1 is 1.00 bits per heavy atom. The Balaban J connectivity index is 1.99. The summed E-state index contributed by atoms with van der Waals surface area (Å²) in [7, 11) is 0. The fourth-order valence-electron chi connectivity index (χ4n) is 4.14. The third-order valence-electron chi connectivity index (χ3n) is 5.59. The van der Waals surface area contributed by atoms with E-state index in [-0.39, 0.29) is 19.6 Å². The van der Waals surface area contributed by atoms with Crippen molar-refractivity contribution in [3.63, 3.8) is 0 Å². The van der Waals surface area contributed by atoms with Crippen LogP contribution in [0.1, 0.15) is 35.4 Å². The first-order chi connectivity index (χ1) is 15.4. The molecule has 178 valence electrons. The third kappa shape index (κ3) is 4.91. The summed E-state index contributed by atoms with van der Waals surface area (Å²) in [6, 6.07) is 10.3. The van der Waals surface area contributed by atoms with Crippen molar-refractivity contribution in [2.24, 2.45) is 0 Å². The molecule has 1 saturated heterocycles. The molecule has 1 N–H and O–H groups in total. The molecule has 2 aromatic rings. The quantitative estimate of drug-likeness (QED) is 0.572. The van der Waals surface area contributed by atoms with Gasteiger partial charge in [-0.3, -0.25) is 4.90 Å². The van der Waals surface area contributed by atoms with Crippen LogP contribution in [0.3, 0.4) is 0 Å². The Kier molecular flexibility index (Phi) is 6.62. The Labute approximate surface area is 184 Å². The second-order valence-electron chi connectivity index (χ2n) is 7.62. The predicted molar refractivity (Wildman–Crippen MR) is 103 cm³/mol. The van der Waals surface area contributed by atoms with Crippen LogP contribution in [0.25, 0.3) is 0 Å². The molecule has 5 nitrogen and oxygen atoms in total. The first-order valence-electron chi connectivity index (χ1n) is 9.83. The molecule has 2 aromatic carbocycles. The van der Waals surface area contributed by atoms with Crippen LogP contribution in [-0.4, -0.2) is 40.3 Å². The van der Waals surface area contributed by atoms with Gasteiger partial charge in [-0.05, 0) is 36.1 Å². The Hall–Kier alpha value is -3.24. The number of amides is 1. The number of carboxylic acid groups (broad SMARTS) is 1.